The fourth-order valence-electron chi connectivity index (χ4n) is 3.03. The fraction of sp³-hybridized carbons (Fsp3) is 0.474. The lowest BCUT2D eigenvalue weighted by molar-refractivity contribution is 0.308. The molecule has 4 N–H and O–H groups in total. The van der Waals surface area contributed by atoms with Crippen LogP contribution in [0.1, 0.15) is 19.4 Å². The summed E-state index contributed by atoms with van der Waals surface area (Å²) in [7, 11) is 4.71. The first-order chi connectivity index (χ1) is 13.0. The predicted molar refractivity (Wildman–Crippen MR) is 107 cm³/mol. The lowest BCUT2D eigenvalue weighted by Crippen LogP contribution is -2.26. The van der Waals surface area contributed by atoms with E-state index in [9.17, 15) is 0 Å². The van der Waals surface area contributed by atoms with Crippen LogP contribution < -0.4 is 25.7 Å². The van der Waals surface area contributed by atoms with Gasteiger partial charge in [-0.2, -0.15) is 4.98 Å². The first-order valence-corrected chi connectivity index (χ1v) is 8.93. The summed E-state index contributed by atoms with van der Waals surface area (Å²) in [6.45, 7) is 7.04. The second-order valence-corrected chi connectivity index (χ2v) is 5.99. The second kappa shape index (κ2) is 9.27. The lowest BCUT2D eigenvalue weighted by atomic mass is 10.0. The van der Waals surface area contributed by atoms with Crippen LogP contribution in [-0.2, 0) is 6.42 Å². The molecular weight excluding hydrogens is 346 g/mol. The van der Waals surface area contributed by atoms with E-state index in [2.05, 4.69) is 28.7 Å². The Labute approximate surface area is 160 Å². The van der Waals surface area contributed by atoms with Crippen LogP contribution in [0.4, 0.5) is 11.8 Å². The van der Waals surface area contributed by atoms with E-state index in [1.165, 1.54) is 0 Å². The molecule has 0 radical (unpaired) electrons. The summed E-state index contributed by atoms with van der Waals surface area (Å²) < 4.78 is 16.3. The van der Waals surface area contributed by atoms with Crippen molar-refractivity contribution in [2.45, 2.75) is 20.3 Å². The maximum absolute atomic E-state index is 6.19. The number of methoxy groups -OCH3 is 3. The Morgan fingerprint density at radius 2 is 1.52 bits per heavy atom. The summed E-state index contributed by atoms with van der Waals surface area (Å²) in [5.74, 6) is 2.11. The highest BCUT2D eigenvalue weighted by atomic mass is 16.5. The Morgan fingerprint density at radius 3 is 2.00 bits per heavy atom. The molecule has 0 aliphatic rings. The summed E-state index contributed by atoms with van der Waals surface area (Å²) in [6.07, 6.45) is 0.708. The van der Waals surface area contributed by atoms with Crippen LogP contribution in [0.2, 0.25) is 0 Å². The van der Waals surface area contributed by atoms with E-state index < -0.39 is 0 Å². The van der Waals surface area contributed by atoms with Crippen LogP contribution in [0.5, 0.6) is 17.2 Å². The minimum atomic E-state index is 0.128. The first-order valence-electron chi connectivity index (χ1n) is 8.93. The van der Waals surface area contributed by atoms with Gasteiger partial charge in [-0.1, -0.05) is 13.8 Å². The molecule has 0 fully saturated rings. The van der Waals surface area contributed by atoms with Crippen LogP contribution in [0.3, 0.4) is 0 Å². The van der Waals surface area contributed by atoms with E-state index in [0.717, 1.165) is 30.8 Å². The monoisotopic (exact) mass is 375 g/mol. The molecule has 1 heterocycles. The number of rotatable bonds is 9. The third kappa shape index (κ3) is 4.51. The van der Waals surface area contributed by atoms with Crippen molar-refractivity contribution < 1.29 is 14.2 Å². The summed E-state index contributed by atoms with van der Waals surface area (Å²) in [6, 6.07) is 3.67. The van der Waals surface area contributed by atoms with Gasteiger partial charge in [0.2, 0.25) is 11.7 Å². The van der Waals surface area contributed by atoms with Gasteiger partial charge in [-0.15, -0.1) is 0 Å². The number of ether oxygens (including phenoxy) is 3. The average molecular weight is 375 g/mol. The number of hydrogen-bond acceptors (Lipinski definition) is 8. The Kier molecular flexibility index (Phi) is 7.06. The van der Waals surface area contributed by atoms with E-state index in [-0.39, 0.29) is 5.95 Å². The van der Waals surface area contributed by atoms with Gasteiger partial charge in [0.05, 0.1) is 27.0 Å². The smallest absolute Gasteiger partial charge is 0.222 e. The minimum Gasteiger partial charge on any atom is -0.493 e. The standard InChI is InChI=1S/C19H29N5O3/c1-6-24(7-2)9-8-13-16(22-19(21)23-18(13)20)12-10-14(25-3)17(27-5)15(11-12)26-4/h10-11H,6-9H2,1-5H3,(H4,20,21,22,23). The van der Waals surface area contributed by atoms with E-state index in [1.807, 2.05) is 12.1 Å². The molecule has 0 atom stereocenters. The molecular formula is C19H29N5O3. The van der Waals surface area contributed by atoms with Crippen LogP contribution in [0, 0.1) is 0 Å². The summed E-state index contributed by atoms with van der Waals surface area (Å²) in [4.78, 5) is 10.9. The Balaban J connectivity index is 2.57. The maximum Gasteiger partial charge on any atom is 0.222 e. The molecule has 148 valence electrons. The minimum absolute atomic E-state index is 0.128. The molecule has 2 rings (SSSR count). The van der Waals surface area contributed by atoms with Crippen LogP contribution in [0.15, 0.2) is 12.1 Å². The summed E-state index contributed by atoms with van der Waals surface area (Å²) >= 11 is 0. The van der Waals surface area contributed by atoms with Crippen molar-refractivity contribution in [1.29, 1.82) is 0 Å². The number of benzene rings is 1. The molecule has 2 aromatic rings. The molecule has 8 heteroatoms. The summed E-state index contributed by atoms with van der Waals surface area (Å²) in [5.41, 5.74) is 14.4. The van der Waals surface area contributed by atoms with Crippen LogP contribution >= 0.6 is 0 Å². The maximum atomic E-state index is 6.19. The number of hydrogen-bond donors (Lipinski definition) is 2. The third-order valence-corrected chi connectivity index (χ3v) is 4.57. The van der Waals surface area contributed by atoms with Gasteiger partial charge in [0.1, 0.15) is 5.82 Å². The molecule has 0 aliphatic heterocycles. The van der Waals surface area contributed by atoms with Gasteiger partial charge in [0.25, 0.3) is 0 Å². The van der Waals surface area contributed by atoms with Crippen molar-refractivity contribution in [2.75, 3.05) is 52.4 Å². The fourth-order valence-corrected chi connectivity index (χ4v) is 3.03. The van der Waals surface area contributed by atoms with Gasteiger partial charge in [0, 0.05) is 17.7 Å². The van der Waals surface area contributed by atoms with E-state index in [1.54, 1.807) is 21.3 Å². The molecule has 0 saturated heterocycles. The highest BCUT2D eigenvalue weighted by Gasteiger charge is 2.19. The molecule has 27 heavy (non-hydrogen) atoms. The molecule has 0 bridgehead atoms. The SMILES string of the molecule is CCN(CC)CCc1c(N)nc(N)nc1-c1cc(OC)c(OC)c(OC)c1. The highest BCUT2D eigenvalue weighted by Crippen LogP contribution is 2.42. The number of nitrogens with zero attached hydrogens (tertiary/aromatic N) is 3. The largest absolute Gasteiger partial charge is 0.493 e. The Morgan fingerprint density at radius 1 is 0.926 bits per heavy atom. The molecule has 0 saturated carbocycles. The van der Waals surface area contributed by atoms with Gasteiger partial charge in [0.15, 0.2) is 11.5 Å². The normalized spacial score (nSPS) is 10.9. The van der Waals surface area contributed by atoms with Gasteiger partial charge in [-0.05, 0) is 31.6 Å². The predicted octanol–water partition coefficient (Wildman–Crippen LogP) is 2.22. The van der Waals surface area contributed by atoms with Crippen molar-refractivity contribution in [3.63, 3.8) is 0 Å². The van der Waals surface area contributed by atoms with Gasteiger partial charge < -0.3 is 30.6 Å². The zero-order valence-electron chi connectivity index (χ0n) is 16.7. The molecule has 0 spiro atoms. The molecule has 0 unspecified atom stereocenters. The van der Waals surface area contributed by atoms with Gasteiger partial charge >= 0.3 is 0 Å². The molecule has 0 aliphatic carbocycles. The van der Waals surface area contributed by atoms with Crippen LogP contribution in [0.25, 0.3) is 11.3 Å². The van der Waals surface area contributed by atoms with Crippen LogP contribution in [-0.4, -0.2) is 55.8 Å². The van der Waals surface area contributed by atoms with Crippen molar-refractivity contribution in [3.05, 3.63) is 17.7 Å². The molecule has 0 amide bonds. The zero-order valence-corrected chi connectivity index (χ0v) is 16.7. The van der Waals surface area contributed by atoms with E-state index >= 15 is 0 Å². The number of nitrogens with two attached hydrogens (primary N) is 2. The topological polar surface area (TPSA) is 109 Å². The van der Waals surface area contributed by atoms with Crippen molar-refractivity contribution in [2.24, 2.45) is 0 Å². The van der Waals surface area contributed by atoms with E-state index in [0.29, 0.717) is 35.2 Å². The van der Waals surface area contributed by atoms with E-state index in [4.69, 9.17) is 25.7 Å². The lowest BCUT2D eigenvalue weighted by Gasteiger charge is -2.20. The molecule has 1 aromatic heterocycles. The summed E-state index contributed by atoms with van der Waals surface area (Å²) in [5, 5.41) is 0. The number of nitrogen functional groups attached to an aromatic ring is 2. The van der Waals surface area contributed by atoms with Crippen molar-refractivity contribution in [1.82, 2.24) is 14.9 Å². The van der Waals surface area contributed by atoms with Gasteiger partial charge in [-0.25, -0.2) is 4.98 Å². The van der Waals surface area contributed by atoms with Crippen molar-refractivity contribution in [3.8, 4) is 28.5 Å². The first kappa shape index (κ1) is 20.6. The zero-order chi connectivity index (χ0) is 20.0. The average Bonchev–Trinajstić information content (AvgIpc) is 2.68. The Hall–Kier alpha value is -2.74. The number of anilines is 2. The van der Waals surface area contributed by atoms with Gasteiger partial charge in [-0.3, -0.25) is 0 Å². The third-order valence-electron chi connectivity index (χ3n) is 4.57. The quantitative estimate of drug-likeness (QED) is 0.687. The van der Waals surface area contributed by atoms with Crippen molar-refractivity contribution >= 4 is 11.8 Å². The number of aromatic nitrogens is 2. The molecule has 8 nitrogen and oxygen atoms in total. The second-order valence-electron chi connectivity index (χ2n) is 5.99. The number of likely N-dealkylation sites (N-methyl/N-ethyl adjacent to an activating group) is 1. The Bertz CT molecular complexity index is 753. The molecule has 1 aromatic carbocycles. The highest BCUT2D eigenvalue weighted by molar-refractivity contribution is 5.74.